The standard InChI is InChI=1S/C19H19BrN4O6S/c1-12(25)22-14-3-5-15(6-4-14)31(27,28)24(2)10-19(26)23-21-9-13-7-17-18(8-16(13)20)30-11-29-17/h3-9H,10-11H2,1-2H3,(H,22,25)(H,23,26)/b21-9-. The van der Waals surface area contributed by atoms with Gasteiger partial charge in [0.05, 0.1) is 17.7 Å². The van der Waals surface area contributed by atoms with E-state index in [4.69, 9.17) is 9.47 Å². The highest BCUT2D eigenvalue weighted by molar-refractivity contribution is 9.10. The van der Waals surface area contributed by atoms with Gasteiger partial charge in [-0.2, -0.15) is 9.41 Å². The lowest BCUT2D eigenvalue weighted by atomic mass is 10.2. The minimum Gasteiger partial charge on any atom is -0.454 e. The zero-order valence-electron chi connectivity index (χ0n) is 16.6. The van der Waals surface area contributed by atoms with E-state index in [0.29, 0.717) is 27.2 Å². The zero-order valence-corrected chi connectivity index (χ0v) is 19.0. The highest BCUT2D eigenvalue weighted by Crippen LogP contribution is 2.36. The second-order valence-corrected chi connectivity index (χ2v) is 9.39. The van der Waals surface area contributed by atoms with Crippen LogP contribution in [0, 0.1) is 0 Å². The summed E-state index contributed by atoms with van der Waals surface area (Å²) in [4.78, 5) is 23.2. The molecule has 164 valence electrons. The van der Waals surface area contributed by atoms with E-state index in [-0.39, 0.29) is 17.6 Å². The maximum Gasteiger partial charge on any atom is 0.255 e. The summed E-state index contributed by atoms with van der Waals surface area (Å²) in [5, 5.41) is 6.42. The van der Waals surface area contributed by atoms with Crippen molar-refractivity contribution in [3.63, 3.8) is 0 Å². The molecule has 12 heteroatoms. The van der Waals surface area contributed by atoms with Crippen molar-refractivity contribution in [2.75, 3.05) is 25.7 Å². The average Bonchev–Trinajstić information content (AvgIpc) is 3.15. The third kappa shape index (κ3) is 5.60. The van der Waals surface area contributed by atoms with Crippen LogP contribution in [-0.4, -0.2) is 51.1 Å². The number of ether oxygens (including phenoxy) is 2. The SMILES string of the molecule is CC(=O)Nc1ccc(S(=O)(=O)N(C)CC(=O)N/N=C\c2cc3c(cc2Br)OCO3)cc1. The number of sulfonamides is 1. The van der Waals surface area contributed by atoms with E-state index >= 15 is 0 Å². The van der Waals surface area contributed by atoms with Crippen LogP contribution in [0.1, 0.15) is 12.5 Å². The number of halogens is 1. The molecule has 31 heavy (non-hydrogen) atoms. The van der Waals surface area contributed by atoms with Gasteiger partial charge in [0.15, 0.2) is 11.5 Å². The van der Waals surface area contributed by atoms with Crippen molar-refractivity contribution in [2.45, 2.75) is 11.8 Å². The van der Waals surface area contributed by atoms with Gasteiger partial charge in [-0.15, -0.1) is 0 Å². The summed E-state index contributed by atoms with van der Waals surface area (Å²) >= 11 is 3.38. The van der Waals surface area contributed by atoms with Crippen LogP contribution in [0.2, 0.25) is 0 Å². The average molecular weight is 511 g/mol. The molecule has 1 aliphatic heterocycles. The summed E-state index contributed by atoms with van der Waals surface area (Å²) < 4.78 is 37.4. The number of rotatable bonds is 7. The van der Waals surface area contributed by atoms with E-state index in [9.17, 15) is 18.0 Å². The lowest BCUT2D eigenvalue weighted by Gasteiger charge is -2.16. The van der Waals surface area contributed by atoms with Gasteiger partial charge in [-0.3, -0.25) is 9.59 Å². The van der Waals surface area contributed by atoms with Gasteiger partial charge >= 0.3 is 0 Å². The zero-order chi connectivity index (χ0) is 22.6. The Morgan fingerprint density at radius 1 is 1.19 bits per heavy atom. The fraction of sp³-hybridized carbons (Fsp3) is 0.211. The first-order chi connectivity index (χ1) is 14.7. The molecular weight excluding hydrogens is 492 g/mol. The van der Waals surface area contributed by atoms with Crippen LogP contribution in [-0.2, 0) is 19.6 Å². The molecule has 1 heterocycles. The summed E-state index contributed by atoms with van der Waals surface area (Å²) in [6.45, 7) is 1.05. The van der Waals surface area contributed by atoms with Crippen molar-refractivity contribution in [3.8, 4) is 11.5 Å². The Labute approximate surface area is 187 Å². The van der Waals surface area contributed by atoms with E-state index < -0.39 is 22.5 Å². The predicted molar refractivity (Wildman–Crippen MR) is 117 cm³/mol. The Morgan fingerprint density at radius 3 is 2.48 bits per heavy atom. The summed E-state index contributed by atoms with van der Waals surface area (Å²) in [5.74, 6) is 0.281. The lowest BCUT2D eigenvalue weighted by Crippen LogP contribution is -2.36. The van der Waals surface area contributed by atoms with E-state index in [0.717, 1.165) is 4.31 Å². The second-order valence-electron chi connectivity index (χ2n) is 6.49. The van der Waals surface area contributed by atoms with Gasteiger partial charge in [-0.1, -0.05) is 0 Å². The number of benzene rings is 2. The highest BCUT2D eigenvalue weighted by atomic mass is 79.9. The first kappa shape index (κ1) is 22.7. The summed E-state index contributed by atoms with van der Waals surface area (Å²) in [7, 11) is -2.61. The topological polar surface area (TPSA) is 126 Å². The maximum atomic E-state index is 12.6. The molecule has 0 fully saturated rings. The largest absolute Gasteiger partial charge is 0.454 e. The molecule has 0 aliphatic carbocycles. The van der Waals surface area contributed by atoms with Crippen molar-refractivity contribution in [2.24, 2.45) is 5.10 Å². The Balaban J connectivity index is 1.59. The van der Waals surface area contributed by atoms with E-state index in [1.165, 1.54) is 44.5 Å². The Hall–Kier alpha value is -2.96. The highest BCUT2D eigenvalue weighted by Gasteiger charge is 2.23. The fourth-order valence-corrected chi connectivity index (χ4v) is 4.17. The normalized spacial score (nSPS) is 12.9. The number of amides is 2. The van der Waals surface area contributed by atoms with Crippen molar-refractivity contribution < 1.29 is 27.5 Å². The third-order valence-corrected chi connectivity index (χ3v) is 6.64. The molecule has 3 rings (SSSR count). The Morgan fingerprint density at radius 2 is 1.84 bits per heavy atom. The number of likely N-dealkylation sites (N-methyl/N-ethyl adjacent to an activating group) is 1. The number of carbonyl (C=O) groups is 2. The van der Waals surface area contributed by atoms with Crippen LogP contribution in [0.5, 0.6) is 11.5 Å². The molecule has 0 unspecified atom stereocenters. The molecule has 2 aromatic carbocycles. The van der Waals surface area contributed by atoms with Crippen LogP contribution >= 0.6 is 15.9 Å². The van der Waals surface area contributed by atoms with Crippen molar-refractivity contribution >= 4 is 49.7 Å². The molecule has 0 atom stereocenters. The van der Waals surface area contributed by atoms with Crippen LogP contribution in [0.25, 0.3) is 0 Å². The molecule has 2 aromatic rings. The van der Waals surface area contributed by atoms with Gasteiger partial charge in [0.1, 0.15) is 0 Å². The quantitative estimate of drug-likeness (QED) is 0.432. The Bertz CT molecular complexity index is 1130. The first-order valence-electron chi connectivity index (χ1n) is 8.92. The van der Waals surface area contributed by atoms with Gasteiger partial charge in [0.25, 0.3) is 5.91 Å². The number of hydrogen-bond acceptors (Lipinski definition) is 7. The van der Waals surface area contributed by atoms with Gasteiger partial charge < -0.3 is 14.8 Å². The second kappa shape index (κ2) is 9.45. The molecule has 0 radical (unpaired) electrons. The van der Waals surface area contributed by atoms with Gasteiger partial charge in [0.2, 0.25) is 22.7 Å². The number of nitrogens with zero attached hydrogens (tertiary/aromatic N) is 2. The van der Waals surface area contributed by atoms with Crippen molar-refractivity contribution in [3.05, 3.63) is 46.4 Å². The minimum atomic E-state index is -3.90. The third-order valence-electron chi connectivity index (χ3n) is 4.13. The Kier molecular flexibility index (Phi) is 6.93. The molecule has 0 saturated heterocycles. The molecule has 2 N–H and O–H groups in total. The van der Waals surface area contributed by atoms with Crippen LogP contribution in [0.15, 0.2) is 50.9 Å². The van der Waals surface area contributed by atoms with Crippen LogP contribution < -0.4 is 20.2 Å². The maximum absolute atomic E-state index is 12.6. The van der Waals surface area contributed by atoms with Crippen LogP contribution in [0.4, 0.5) is 5.69 Å². The summed E-state index contributed by atoms with van der Waals surface area (Å²) in [6, 6.07) is 9.06. The van der Waals surface area contributed by atoms with E-state index in [1.54, 1.807) is 12.1 Å². The molecule has 0 bridgehead atoms. The number of hydrazone groups is 1. The number of anilines is 1. The van der Waals surface area contributed by atoms with E-state index in [2.05, 4.69) is 31.8 Å². The van der Waals surface area contributed by atoms with Gasteiger partial charge in [-0.05, 0) is 52.3 Å². The molecule has 0 aromatic heterocycles. The van der Waals surface area contributed by atoms with Crippen molar-refractivity contribution in [1.29, 1.82) is 0 Å². The molecule has 10 nitrogen and oxygen atoms in total. The summed E-state index contributed by atoms with van der Waals surface area (Å²) in [5.41, 5.74) is 3.41. The number of carbonyl (C=O) groups excluding carboxylic acids is 2. The number of hydrogen-bond donors (Lipinski definition) is 2. The van der Waals surface area contributed by atoms with Gasteiger partial charge in [0, 0.05) is 29.7 Å². The lowest BCUT2D eigenvalue weighted by molar-refractivity contribution is -0.121. The predicted octanol–water partition coefficient (Wildman–Crippen LogP) is 1.91. The van der Waals surface area contributed by atoms with Crippen LogP contribution in [0.3, 0.4) is 0 Å². The van der Waals surface area contributed by atoms with Gasteiger partial charge in [-0.25, -0.2) is 13.8 Å². The molecule has 2 amide bonds. The molecule has 1 aliphatic rings. The monoisotopic (exact) mass is 510 g/mol. The van der Waals surface area contributed by atoms with E-state index in [1.807, 2.05) is 0 Å². The van der Waals surface area contributed by atoms with Crippen molar-refractivity contribution in [1.82, 2.24) is 9.73 Å². The fourth-order valence-electron chi connectivity index (χ4n) is 2.62. The number of fused-ring (bicyclic) bond motifs is 1. The molecule has 0 spiro atoms. The molecule has 0 saturated carbocycles. The molecular formula is C19H19BrN4O6S. The minimum absolute atomic E-state index is 0.00954. The smallest absolute Gasteiger partial charge is 0.255 e. The number of nitrogens with one attached hydrogen (secondary N) is 2. The first-order valence-corrected chi connectivity index (χ1v) is 11.1. The summed E-state index contributed by atoms with van der Waals surface area (Å²) in [6.07, 6.45) is 1.40.